The molecule has 0 radical (unpaired) electrons. The average Bonchev–Trinajstić information content (AvgIpc) is 3.17. The maximum atomic E-state index is 14.6. The second-order valence-corrected chi connectivity index (χ2v) is 14.7. The summed E-state index contributed by atoms with van der Waals surface area (Å²) in [7, 11) is 0. The Labute approximate surface area is 309 Å². The van der Waals surface area contributed by atoms with Crippen molar-refractivity contribution in [3.05, 3.63) is 117 Å². The Bertz CT molecular complexity index is 1780. The molecule has 6 rings (SSSR count). The molecule has 0 bridgehead atoms. The van der Waals surface area contributed by atoms with Gasteiger partial charge in [0.15, 0.2) is 0 Å². The van der Waals surface area contributed by atoms with Crippen molar-refractivity contribution in [3.63, 3.8) is 0 Å². The first-order valence-electron chi connectivity index (χ1n) is 19.9. The van der Waals surface area contributed by atoms with Crippen molar-refractivity contribution >= 4 is 34.4 Å². The summed E-state index contributed by atoms with van der Waals surface area (Å²) in [5.74, 6) is -1.26. The zero-order valence-corrected chi connectivity index (χ0v) is 31.2. The number of unbranched alkanes of at least 4 members (excludes halogenated alkanes) is 10. The Morgan fingerprint density at radius 3 is 1.23 bits per heavy atom. The van der Waals surface area contributed by atoms with E-state index in [-0.39, 0.29) is 23.6 Å². The van der Waals surface area contributed by atoms with Gasteiger partial charge in [0, 0.05) is 35.0 Å². The number of carbonyl (C=O) groups is 4. The van der Waals surface area contributed by atoms with Gasteiger partial charge in [0.2, 0.25) is 0 Å². The van der Waals surface area contributed by atoms with E-state index < -0.39 is 0 Å². The van der Waals surface area contributed by atoms with Crippen molar-refractivity contribution in [2.75, 3.05) is 13.1 Å². The van der Waals surface area contributed by atoms with Gasteiger partial charge in [-0.05, 0) is 72.9 Å². The second kappa shape index (κ2) is 17.8. The molecule has 0 atom stereocenters. The molecule has 4 aromatic carbocycles. The summed E-state index contributed by atoms with van der Waals surface area (Å²) in [6, 6.07) is 24.0. The molecule has 52 heavy (non-hydrogen) atoms. The van der Waals surface area contributed by atoms with Crippen LogP contribution in [0.4, 0.5) is 0 Å². The maximum absolute atomic E-state index is 14.6. The van der Waals surface area contributed by atoms with E-state index >= 15 is 0 Å². The second-order valence-electron chi connectivity index (χ2n) is 14.7. The molecule has 2 aliphatic rings. The monoisotopic (exact) mass is 698 g/mol. The van der Waals surface area contributed by atoms with Crippen LogP contribution >= 0.6 is 0 Å². The molecule has 6 nitrogen and oxygen atoms in total. The minimum absolute atomic E-state index is 0.304. The highest BCUT2D eigenvalue weighted by atomic mass is 16.2. The minimum Gasteiger partial charge on any atom is -0.274 e. The molecule has 0 fully saturated rings. The molecule has 0 N–H and O–H groups in total. The van der Waals surface area contributed by atoms with Gasteiger partial charge in [-0.15, -0.1) is 0 Å². The minimum atomic E-state index is -0.323. The van der Waals surface area contributed by atoms with E-state index in [1.165, 1.54) is 22.6 Å². The number of rotatable bonds is 20. The number of imide groups is 2. The van der Waals surface area contributed by atoms with Gasteiger partial charge in [-0.3, -0.25) is 29.0 Å². The fraction of sp³-hybridized carbons (Fsp3) is 0.435. The largest absolute Gasteiger partial charge is 0.274 e. The fourth-order valence-electron chi connectivity index (χ4n) is 8.07. The molecular weight excluding hydrogens is 645 g/mol. The Balaban J connectivity index is 1.45. The van der Waals surface area contributed by atoms with Crippen molar-refractivity contribution < 1.29 is 19.2 Å². The Kier molecular flexibility index (Phi) is 12.7. The van der Waals surface area contributed by atoms with Crippen LogP contribution in [-0.4, -0.2) is 46.5 Å². The van der Waals surface area contributed by atoms with E-state index in [4.69, 9.17) is 0 Å². The zero-order valence-electron chi connectivity index (χ0n) is 31.2. The Hall–Kier alpha value is -4.58. The fourth-order valence-corrected chi connectivity index (χ4v) is 8.07. The molecular formula is C46H54N2O4. The molecule has 0 saturated carbocycles. The third kappa shape index (κ3) is 8.06. The van der Waals surface area contributed by atoms with Gasteiger partial charge in [0.25, 0.3) is 23.6 Å². The first kappa shape index (κ1) is 37.2. The molecule has 0 saturated heterocycles. The summed E-state index contributed by atoms with van der Waals surface area (Å²) in [5, 5.41) is 0.989. The van der Waals surface area contributed by atoms with E-state index in [0.29, 0.717) is 71.8 Å². The average molecular weight is 699 g/mol. The number of amides is 4. The predicted molar refractivity (Wildman–Crippen MR) is 209 cm³/mol. The van der Waals surface area contributed by atoms with E-state index in [1.54, 1.807) is 0 Å². The van der Waals surface area contributed by atoms with Crippen molar-refractivity contribution in [2.45, 2.75) is 117 Å². The molecule has 2 heterocycles. The van der Waals surface area contributed by atoms with Crippen LogP contribution in [0.3, 0.4) is 0 Å². The number of aryl methyl sites for hydroxylation is 4. The lowest BCUT2D eigenvalue weighted by Gasteiger charge is -2.34. The van der Waals surface area contributed by atoms with Gasteiger partial charge in [-0.2, -0.15) is 0 Å². The number of hydrogen-bond acceptors (Lipinski definition) is 4. The summed E-state index contributed by atoms with van der Waals surface area (Å²) >= 11 is 0. The molecule has 4 amide bonds. The summed E-state index contributed by atoms with van der Waals surface area (Å²) in [5.41, 5.74) is 5.65. The zero-order chi connectivity index (χ0) is 36.5. The van der Waals surface area contributed by atoms with Crippen molar-refractivity contribution in [2.24, 2.45) is 0 Å². The van der Waals surface area contributed by atoms with E-state index in [0.717, 1.165) is 86.5 Å². The van der Waals surface area contributed by atoms with Crippen LogP contribution < -0.4 is 0 Å². The van der Waals surface area contributed by atoms with Gasteiger partial charge >= 0.3 is 0 Å². The van der Waals surface area contributed by atoms with Crippen molar-refractivity contribution in [1.29, 1.82) is 0 Å². The van der Waals surface area contributed by atoms with Crippen LogP contribution in [0.25, 0.3) is 10.8 Å². The molecule has 0 aromatic heterocycles. The summed E-state index contributed by atoms with van der Waals surface area (Å²) in [6.07, 6.45) is 15.0. The van der Waals surface area contributed by atoms with Crippen LogP contribution in [0.15, 0.2) is 72.8 Å². The van der Waals surface area contributed by atoms with Crippen molar-refractivity contribution in [3.8, 4) is 0 Å². The summed E-state index contributed by atoms with van der Waals surface area (Å²) in [4.78, 5) is 60.8. The molecule has 0 unspecified atom stereocenters. The third-order valence-corrected chi connectivity index (χ3v) is 11.0. The maximum Gasteiger partial charge on any atom is 0.261 e. The first-order chi connectivity index (χ1) is 25.4. The van der Waals surface area contributed by atoms with Crippen LogP contribution in [0.1, 0.15) is 155 Å². The summed E-state index contributed by atoms with van der Waals surface area (Å²) in [6.45, 7) is 5.10. The van der Waals surface area contributed by atoms with Gasteiger partial charge in [-0.25, -0.2) is 0 Å². The molecule has 6 heteroatoms. The SMILES string of the molecule is CCCCCCCCN1C(=O)c2cc(CCc3ccccc3)c3c4c(c(CCc5ccccc5)cc(c24)C1=O)C(=O)N(CCCCCCCC)C3=O. The van der Waals surface area contributed by atoms with Gasteiger partial charge in [0.05, 0.1) is 11.1 Å². The van der Waals surface area contributed by atoms with E-state index in [1.807, 2.05) is 48.5 Å². The van der Waals surface area contributed by atoms with E-state index in [9.17, 15) is 19.2 Å². The lowest BCUT2D eigenvalue weighted by Crippen LogP contribution is -2.45. The standard InChI is InChI=1S/C46H54N2O4/c1-3-5-7-9-11-19-29-47-43(49)37-31-35(27-25-33-21-15-13-16-22-33)39-42-40(46(52)48(45(39)51)30-20-12-10-8-6-4-2)36(32-38(41(37)42)44(47)50)28-26-34-23-17-14-18-24-34/h13-18,21-24,31-32H,3-12,19-20,25-30H2,1-2H3. The van der Waals surface area contributed by atoms with Crippen LogP contribution in [0.2, 0.25) is 0 Å². The smallest absolute Gasteiger partial charge is 0.261 e. The highest BCUT2D eigenvalue weighted by Gasteiger charge is 2.42. The highest BCUT2D eigenvalue weighted by molar-refractivity contribution is 6.34. The summed E-state index contributed by atoms with van der Waals surface area (Å²) < 4.78 is 0. The molecule has 0 spiro atoms. The number of hydrogen-bond donors (Lipinski definition) is 0. The molecule has 0 aliphatic carbocycles. The predicted octanol–water partition coefficient (Wildman–Crippen LogP) is 10.3. The lowest BCUT2D eigenvalue weighted by atomic mass is 9.79. The van der Waals surface area contributed by atoms with Crippen LogP contribution in [0, 0.1) is 0 Å². The quantitative estimate of drug-likeness (QED) is 0.0680. The van der Waals surface area contributed by atoms with Crippen LogP contribution in [-0.2, 0) is 25.7 Å². The Morgan fingerprint density at radius 1 is 0.423 bits per heavy atom. The number of benzene rings is 4. The number of nitrogens with zero attached hydrogens (tertiary/aromatic N) is 2. The van der Waals surface area contributed by atoms with Gasteiger partial charge < -0.3 is 0 Å². The first-order valence-corrected chi connectivity index (χ1v) is 19.9. The lowest BCUT2D eigenvalue weighted by molar-refractivity contribution is 0.0585. The third-order valence-electron chi connectivity index (χ3n) is 11.0. The number of carbonyl (C=O) groups excluding carboxylic acids is 4. The molecule has 4 aromatic rings. The topological polar surface area (TPSA) is 74.8 Å². The normalized spacial score (nSPS) is 13.9. The van der Waals surface area contributed by atoms with Crippen molar-refractivity contribution in [1.82, 2.24) is 9.80 Å². The van der Waals surface area contributed by atoms with Gasteiger partial charge in [0.1, 0.15) is 0 Å². The van der Waals surface area contributed by atoms with Gasteiger partial charge in [-0.1, -0.05) is 139 Å². The highest BCUT2D eigenvalue weighted by Crippen LogP contribution is 2.42. The van der Waals surface area contributed by atoms with E-state index in [2.05, 4.69) is 38.1 Å². The van der Waals surface area contributed by atoms with Crippen LogP contribution in [0.5, 0.6) is 0 Å². The molecule has 2 aliphatic heterocycles. The molecule has 272 valence electrons. The Morgan fingerprint density at radius 2 is 0.808 bits per heavy atom.